The topological polar surface area (TPSA) is 24.7 Å². The standard InChI is InChI=1S/C7H9ClN2O/c1-9-6-3-2-4-10(6)7(11)5-8/h6H,2-5H2. The zero-order chi connectivity index (χ0) is 8.27. The molecule has 1 unspecified atom stereocenters. The Bertz CT molecular complexity index is 199. The van der Waals surface area contributed by atoms with Crippen molar-refractivity contribution in [3.05, 3.63) is 11.4 Å². The van der Waals surface area contributed by atoms with Crippen LogP contribution in [0.1, 0.15) is 12.8 Å². The highest BCUT2D eigenvalue weighted by molar-refractivity contribution is 6.27. The van der Waals surface area contributed by atoms with E-state index in [1.807, 2.05) is 0 Å². The molecule has 4 heteroatoms. The molecule has 0 aromatic heterocycles. The molecule has 1 rings (SSSR count). The molecule has 1 fully saturated rings. The molecule has 0 spiro atoms. The van der Waals surface area contributed by atoms with Gasteiger partial charge in [0.05, 0.1) is 0 Å². The van der Waals surface area contributed by atoms with Crippen LogP contribution < -0.4 is 0 Å². The van der Waals surface area contributed by atoms with Crippen molar-refractivity contribution >= 4 is 17.5 Å². The lowest BCUT2D eigenvalue weighted by Gasteiger charge is -2.13. The van der Waals surface area contributed by atoms with Gasteiger partial charge in [-0.15, -0.1) is 11.6 Å². The van der Waals surface area contributed by atoms with Crippen molar-refractivity contribution in [1.29, 1.82) is 0 Å². The SMILES string of the molecule is [C-]#[N+]C1CCCN1C(=O)CCl. The van der Waals surface area contributed by atoms with Crippen LogP contribution in [0.15, 0.2) is 0 Å². The molecule has 0 N–H and O–H groups in total. The number of alkyl halides is 1. The lowest BCUT2D eigenvalue weighted by molar-refractivity contribution is -0.128. The zero-order valence-corrected chi connectivity index (χ0v) is 6.84. The van der Waals surface area contributed by atoms with E-state index < -0.39 is 0 Å². The first-order valence-corrected chi connectivity index (χ1v) is 4.05. The van der Waals surface area contributed by atoms with Gasteiger partial charge in [0.1, 0.15) is 5.88 Å². The van der Waals surface area contributed by atoms with E-state index in [1.54, 1.807) is 4.90 Å². The second kappa shape index (κ2) is 3.59. The van der Waals surface area contributed by atoms with Gasteiger partial charge in [-0.05, 0) is 6.42 Å². The predicted octanol–water partition coefficient (Wildman–Crippen LogP) is 1.09. The Balaban J connectivity index is 2.58. The van der Waals surface area contributed by atoms with Crippen molar-refractivity contribution in [2.45, 2.75) is 19.0 Å². The summed E-state index contributed by atoms with van der Waals surface area (Å²) in [6.07, 6.45) is 1.48. The zero-order valence-electron chi connectivity index (χ0n) is 6.09. The Morgan fingerprint density at radius 2 is 2.55 bits per heavy atom. The Morgan fingerprint density at radius 3 is 3.09 bits per heavy atom. The number of nitrogens with zero attached hydrogens (tertiary/aromatic N) is 2. The van der Waals surface area contributed by atoms with Gasteiger partial charge in [0.25, 0.3) is 0 Å². The first-order chi connectivity index (χ1) is 5.29. The van der Waals surface area contributed by atoms with Crippen LogP contribution in [0.5, 0.6) is 0 Å². The predicted molar refractivity (Wildman–Crippen MR) is 42.1 cm³/mol. The number of carbonyl (C=O) groups excluding carboxylic acids is 1. The first kappa shape index (κ1) is 8.35. The summed E-state index contributed by atoms with van der Waals surface area (Å²) in [6, 6.07) is 0. The average Bonchev–Trinajstić information content (AvgIpc) is 2.50. The highest BCUT2D eigenvalue weighted by Crippen LogP contribution is 2.18. The summed E-state index contributed by atoms with van der Waals surface area (Å²) < 4.78 is 0. The molecule has 1 amide bonds. The van der Waals surface area contributed by atoms with E-state index in [4.69, 9.17) is 18.2 Å². The fourth-order valence-electron chi connectivity index (χ4n) is 1.25. The van der Waals surface area contributed by atoms with E-state index in [0.29, 0.717) is 6.54 Å². The molecule has 1 saturated heterocycles. The van der Waals surface area contributed by atoms with Gasteiger partial charge in [0, 0.05) is 13.0 Å². The molecule has 3 nitrogen and oxygen atoms in total. The van der Waals surface area contributed by atoms with E-state index in [0.717, 1.165) is 12.8 Å². The molecule has 0 aliphatic carbocycles. The van der Waals surface area contributed by atoms with E-state index in [1.165, 1.54) is 0 Å². The number of carbonyl (C=O) groups is 1. The normalized spacial score (nSPS) is 23.3. The summed E-state index contributed by atoms with van der Waals surface area (Å²) in [5.74, 6) is -0.128. The average molecular weight is 173 g/mol. The molecular formula is C7H9ClN2O. The molecule has 1 aliphatic heterocycles. The summed E-state index contributed by atoms with van der Waals surface area (Å²) in [5, 5.41) is 0. The van der Waals surface area contributed by atoms with Crippen LogP contribution >= 0.6 is 11.6 Å². The monoisotopic (exact) mass is 172 g/mol. The van der Waals surface area contributed by atoms with Crippen LogP contribution in [-0.4, -0.2) is 29.4 Å². The van der Waals surface area contributed by atoms with Gasteiger partial charge in [0.2, 0.25) is 5.91 Å². The number of rotatable bonds is 1. The summed E-state index contributed by atoms with van der Waals surface area (Å²) in [7, 11) is 0. The molecule has 0 aromatic carbocycles. The molecule has 0 bridgehead atoms. The van der Waals surface area contributed by atoms with Crippen molar-refractivity contribution < 1.29 is 4.79 Å². The Kier molecular flexibility index (Phi) is 2.72. The van der Waals surface area contributed by atoms with Gasteiger partial charge in [-0.25, -0.2) is 6.57 Å². The molecule has 0 aromatic rings. The van der Waals surface area contributed by atoms with Crippen LogP contribution in [0.4, 0.5) is 0 Å². The van der Waals surface area contributed by atoms with Crippen LogP contribution in [0, 0.1) is 6.57 Å². The highest BCUT2D eigenvalue weighted by atomic mass is 35.5. The van der Waals surface area contributed by atoms with Crippen LogP contribution in [0.25, 0.3) is 4.85 Å². The Hall–Kier alpha value is -0.750. The molecule has 1 heterocycles. The first-order valence-electron chi connectivity index (χ1n) is 3.51. The Labute approximate surface area is 70.8 Å². The van der Waals surface area contributed by atoms with Crippen LogP contribution in [-0.2, 0) is 4.79 Å². The maximum Gasteiger partial charge on any atom is 0.300 e. The number of hydrogen-bond donors (Lipinski definition) is 0. The largest absolute Gasteiger partial charge is 0.300 e. The maximum absolute atomic E-state index is 11.0. The van der Waals surface area contributed by atoms with Crippen molar-refractivity contribution in [2.24, 2.45) is 0 Å². The van der Waals surface area contributed by atoms with Crippen LogP contribution in [0.3, 0.4) is 0 Å². The number of halogens is 1. The second-order valence-electron chi connectivity index (χ2n) is 2.47. The molecule has 60 valence electrons. The molecule has 1 aliphatic rings. The maximum atomic E-state index is 11.0. The molecular weight excluding hydrogens is 164 g/mol. The van der Waals surface area contributed by atoms with Crippen LogP contribution in [0.2, 0.25) is 0 Å². The third-order valence-corrected chi connectivity index (χ3v) is 2.03. The van der Waals surface area contributed by atoms with E-state index in [9.17, 15) is 4.79 Å². The quantitative estimate of drug-likeness (QED) is 0.429. The molecule has 0 saturated carbocycles. The summed E-state index contributed by atoms with van der Waals surface area (Å²) in [4.78, 5) is 15.9. The fraction of sp³-hybridized carbons (Fsp3) is 0.714. The van der Waals surface area contributed by atoms with Gasteiger partial charge < -0.3 is 0 Å². The number of amides is 1. The summed E-state index contributed by atoms with van der Waals surface area (Å²) >= 11 is 5.36. The molecule has 11 heavy (non-hydrogen) atoms. The van der Waals surface area contributed by atoms with Gasteiger partial charge in [-0.1, -0.05) is 0 Å². The summed E-state index contributed by atoms with van der Waals surface area (Å²) in [5.41, 5.74) is 0. The third kappa shape index (κ3) is 1.63. The lowest BCUT2D eigenvalue weighted by atomic mass is 10.3. The van der Waals surface area contributed by atoms with Gasteiger partial charge >= 0.3 is 6.17 Å². The smallest absolute Gasteiger partial charge is 0.290 e. The molecule has 0 radical (unpaired) electrons. The van der Waals surface area contributed by atoms with Crippen molar-refractivity contribution in [1.82, 2.24) is 4.90 Å². The van der Waals surface area contributed by atoms with Gasteiger partial charge in [0.15, 0.2) is 0 Å². The van der Waals surface area contributed by atoms with Gasteiger partial charge in [-0.3, -0.25) is 14.5 Å². The number of hydrogen-bond acceptors (Lipinski definition) is 1. The minimum absolute atomic E-state index is 0.00792. The minimum Gasteiger partial charge on any atom is -0.290 e. The lowest BCUT2D eigenvalue weighted by Crippen LogP contribution is -2.34. The number of likely N-dealkylation sites (tertiary alicyclic amines) is 1. The minimum atomic E-state index is -0.249. The summed E-state index contributed by atoms with van der Waals surface area (Å²) in [6.45, 7) is 7.48. The second-order valence-corrected chi connectivity index (χ2v) is 2.74. The fourth-order valence-corrected chi connectivity index (χ4v) is 1.40. The van der Waals surface area contributed by atoms with Crippen molar-refractivity contribution in [2.75, 3.05) is 12.4 Å². The Morgan fingerprint density at radius 1 is 1.82 bits per heavy atom. The third-order valence-electron chi connectivity index (χ3n) is 1.80. The van der Waals surface area contributed by atoms with E-state index >= 15 is 0 Å². The van der Waals surface area contributed by atoms with E-state index in [-0.39, 0.29) is 18.0 Å². The van der Waals surface area contributed by atoms with E-state index in [2.05, 4.69) is 4.85 Å². The van der Waals surface area contributed by atoms with Crippen molar-refractivity contribution in [3.63, 3.8) is 0 Å². The van der Waals surface area contributed by atoms with Crippen molar-refractivity contribution in [3.8, 4) is 0 Å². The molecule has 1 atom stereocenters. The van der Waals surface area contributed by atoms with Gasteiger partial charge in [-0.2, -0.15) is 0 Å². The highest BCUT2D eigenvalue weighted by Gasteiger charge is 2.31.